The van der Waals surface area contributed by atoms with E-state index in [9.17, 15) is 14.0 Å². The fourth-order valence-electron chi connectivity index (χ4n) is 2.38. The summed E-state index contributed by atoms with van der Waals surface area (Å²) in [4.78, 5) is 29.9. The number of ether oxygens (including phenoxy) is 1. The molecule has 0 aliphatic carbocycles. The number of aryl methyl sites for hydroxylation is 1. The number of likely N-dealkylation sites (tertiary alicyclic amines) is 1. The van der Waals surface area contributed by atoms with E-state index in [-0.39, 0.29) is 13.0 Å². The lowest BCUT2D eigenvalue weighted by molar-refractivity contribution is -0.120. The molecule has 126 valence electrons. The van der Waals surface area contributed by atoms with Gasteiger partial charge in [-0.2, -0.15) is 0 Å². The highest BCUT2D eigenvalue weighted by molar-refractivity contribution is 5.96. The lowest BCUT2D eigenvalue weighted by atomic mass is 10.2. The summed E-state index contributed by atoms with van der Waals surface area (Å²) in [5, 5.41) is 2.63. The van der Waals surface area contributed by atoms with Crippen LogP contribution in [-0.4, -0.2) is 46.2 Å². The maximum Gasteiger partial charge on any atom is 0.411 e. The third-order valence-corrected chi connectivity index (χ3v) is 3.32. The first-order valence-electron chi connectivity index (χ1n) is 7.54. The highest BCUT2D eigenvalue weighted by Crippen LogP contribution is 2.24. The average Bonchev–Trinajstić information content (AvgIpc) is 2.79. The van der Waals surface area contributed by atoms with Crippen molar-refractivity contribution in [3.05, 3.63) is 23.9 Å². The number of anilines is 1. The summed E-state index contributed by atoms with van der Waals surface area (Å²) in [5.41, 5.74) is 0.0477. The molecule has 1 aliphatic rings. The van der Waals surface area contributed by atoms with Gasteiger partial charge >= 0.3 is 6.09 Å². The van der Waals surface area contributed by atoms with Crippen molar-refractivity contribution in [2.24, 2.45) is 0 Å². The minimum atomic E-state index is -1.25. The van der Waals surface area contributed by atoms with Crippen LogP contribution in [0.1, 0.15) is 32.9 Å². The number of nitrogens with one attached hydrogen (secondary N) is 1. The second-order valence-corrected chi connectivity index (χ2v) is 6.63. The number of pyridine rings is 1. The smallest absolute Gasteiger partial charge is 0.411 e. The van der Waals surface area contributed by atoms with Crippen LogP contribution in [0.25, 0.3) is 0 Å². The molecule has 6 nitrogen and oxygen atoms in total. The van der Waals surface area contributed by atoms with Gasteiger partial charge in [0, 0.05) is 12.1 Å². The Labute approximate surface area is 135 Å². The van der Waals surface area contributed by atoms with E-state index in [1.54, 1.807) is 45.9 Å². The van der Waals surface area contributed by atoms with Crippen molar-refractivity contribution in [1.82, 2.24) is 9.88 Å². The third kappa shape index (κ3) is 4.64. The van der Waals surface area contributed by atoms with E-state index in [0.717, 1.165) is 10.6 Å². The van der Waals surface area contributed by atoms with E-state index in [4.69, 9.17) is 4.74 Å². The lowest BCUT2D eigenvalue weighted by Gasteiger charge is -2.27. The van der Waals surface area contributed by atoms with Gasteiger partial charge in [0.1, 0.15) is 23.6 Å². The molecule has 2 amide bonds. The number of hydrogen-bond acceptors (Lipinski definition) is 4. The van der Waals surface area contributed by atoms with Gasteiger partial charge in [0.15, 0.2) is 0 Å². The molecule has 0 radical (unpaired) electrons. The van der Waals surface area contributed by atoms with Crippen LogP contribution in [0.3, 0.4) is 0 Å². The molecule has 2 atom stereocenters. The molecule has 0 spiro atoms. The Kier molecular flexibility index (Phi) is 4.87. The summed E-state index contributed by atoms with van der Waals surface area (Å²) in [6, 6.07) is 4.30. The van der Waals surface area contributed by atoms with Crippen molar-refractivity contribution in [3.63, 3.8) is 0 Å². The first kappa shape index (κ1) is 17.2. The normalized spacial score (nSPS) is 21.2. The number of alkyl halides is 1. The van der Waals surface area contributed by atoms with Crippen molar-refractivity contribution < 1.29 is 18.7 Å². The monoisotopic (exact) mass is 323 g/mol. The van der Waals surface area contributed by atoms with Crippen LogP contribution >= 0.6 is 0 Å². The maximum absolute atomic E-state index is 13.7. The topological polar surface area (TPSA) is 71.5 Å². The minimum absolute atomic E-state index is 0.0448. The van der Waals surface area contributed by atoms with E-state index in [2.05, 4.69) is 10.3 Å². The predicted octanol–water partition coefficient (Wildman–Crippen LogP) is 2.68. The first-order valence-corrected chi connectivity index (χ1v) is 7.54. The molecule has 2 heterocycles. The second kappa shape index (κ2) is 6.52. The van der Waals surface area contributed by atoms with Gasteiger partial charge in [-0.05, 0) is 39.8 Å². The van der Waals surface area contributed by atoms with Crippen LogP contribution in [0.15, 0.2) is 18.2 Å². The second-order valence-electron chi connectivity index (χ2n) is 6.63. The van der Waals surface area contributed by atoms with E-state index < -0.39 is 29.8 Å². The number of amides is 2. The number of carbonyl (C=O) groups is 2. The Balaban J connectivity index is 2.09. The van der Waals surface area contributed by atoms with Crippen molar-refractivity contribution in [2.45, 2.75) is 51.9 Å². The van der Waals surface area contributed by atoms with Crippen LogP contribution in [0, 0.1) is 6.92 Å². The van der Waals surface area contributed by atoms with Gasteiger partial charge in [0.25, 0.3) is 0 Å². The summed E-state index contributed by atoms with van der Waals surface area (Å²) >= 11 is 0. The van der Waals surface area contributed by atoms with E-state index in [0.29, 0.717) is 5.82 Å². The Morgan fingerprint density at radius 3 is 2.70 bits per heavy atom. The van der Waals surface area contributed by atoms with Gasteiger partial charge in [-0.25, -0.2) is 14.2 Å². The van der Waals surface area contributed by atoms with Crippen molar-refractivity contribution >= 4 is 17.8 Å². The largest absolute Gasteiger partial charge is 0.444 e. The zero-order valence-electron chi connectivity index (χ0n) is 13.8. The molecule has 0 aromatic carbocycles. The van der Waals surface area contributed by atoms with E-state index in [1.807, 2.05) is 0 Å². The summed E-state index contributed by atoms with van der Waals surface area (Å²) < 4.78 is 19.0. The number of rotatable bonds is 2. The molecule has 0 unspecified atom stereocenters. The van der Waals surface area contributed by atoms with Gasteiger partial charge in [-0.3, -0.25) is 9.69 Å². The van der Waals surface area contributed by atoms with E-state index >= 15 is 0 Å². The highest BCUT2D eigenvalue weighted by Gasteiger charge is 2.41. The zero-order chi connectivity index (χ0) is 17.2. The fraction of sp³-hybridized carbons (Fsp3) is 0.562. The lowest BCUT2D eigenvalue weighted by Crippen LogP contribution is -2.45. The molecule has 1 aliphatic heterocycles. The van der Waals surface area contributed by atoms with Crippen LogP contribution in [-0.2, 0) is 9.53 Å². The molecule has 0 bridgehead atoms. The average molecular weight is 323 g/mol. The molecule has 23 heavy (non-hydrogen) atoms. The highest BCUT2D eigenvalue weighted by atomic mass is 19.1. The molecule has 0 saturated carbocycles. The van der Waals surface area contributed by atoms with Crippen LogP contribution < -0.4 is 5.32 Å². The van der Waals surface area contributed by atoms with Crippen molar-refractivity contribution in [1.29, 1.82) is 0 Å². The van der Waals surface area contributed by atoms with Crippen LogP contribution in [0.5, 0.6) is 0 Å². The molecular weight excluding hydrogens is 301 g/mol. The zero-order valence-corrected chi connectivity index (χ0v) is 13.8. The number of carbonyl (C=O) groups excluding carboxylic acids is 2. The number of nitrogens with zero attached hydrogens (tertiary/aromatic N) is 2. The van der Waals surface area contributed by atoms with Gasteiger partial charge in [0.2, 0.25) is 5.91 Å². The molecule has 1 aromatic rings. The van der Waals surface area contributed by atoms with Crippen molar-refractivity contribution in [3.8, 4) is 0 Å². The Morgan fingerprint density at radius 1 is 1.39 bits per heavy atom. The van der Waals surface area contributed by atoms with Crippen molar-refractivity contribution in [2.75, 3.05) is 11.9 Å². The SMILES string of the molecule is Cc1cccc(NC(=O)[C@H]2C[C@@H](F)CN2C(=O)OC(C)(C)C)n1. The van der Waals surface area contributed by atoms with Gasteiger partial charge in [-0.15, -0.1) is 0 Å². The Bertz CT molecular complexity index is 600. The summed E-state index contributed by atoms with van der Waals surface area (Å²) in [6.07, 6.45) is -1.98. The summed E-state index contributed by atoms with van der Waals surface area (Å²) in [6.45, 7) is 6.82. The fourth-order valence-corrected chi connectivity index (χ4v) is 2.38. The third-order valence-electron chi connectivity index (χ3n) is 3.32. The quantitative estimate of drug-likeness (QED) is 0.908. The number of aromatic nitrogens is 1. The first-order chi connectivity index (χ1) is 10.7. The number of hydrogen-bond donors (Lipinski definition) is 1. The molecule has 2 rings (SSSR count). The maximum atomic E-state index is 13.7. The summed E-state index contributed by atoms with van der Waals surface area (Å²) in [5.74, 6) is -0.0874. The standard InChI is InChI=1S/C16H22FN3O3/c1-10-6-5-7-13(18-10)19-14(21)12-8-11(17)9-20(12)15(22)23-16(2,3)4/h5-7,11-12H,8-9H2,1-4H3,(H,18,19,21)/t11-,12-/m1/s1. The molecular formula is C16H22FN3O3. The predicted molar refractivity (Wildman–Crippen MR) is 83.8 cm³/mol. The molecule has 1 fully saturated rings. The molecule has 1 N–H and O–H groups in total. The Morgan fingerprint density at radius 2 is 2.09 bits per heavy atom. The van der Waals surface area contributed by atoms with Gasteiger partial charge in [-0.1, -0.05) is 6.07 Å². The molecule has 1 saturated heterocycles. The van der Waals surface area contributed by atoms with Gasteiger partial charge in [0.05, 0.1) is 6.54 Å². The number of halogens is 1. The molecule has 1 aromatic heterocycles. The van der Waals surface area contributed by atoms with Crippen LogP contribution in [0.2, 0.25) is 0 Å². The van der Waals surface area contributed by atoms with Gasteiger partial charge < -0.3 is 10.1 Å². The van der Waals surface area contributed by atoms with E-state index in [1.165, 1.54) is 0 Å². The molecule has 7 heteroatoms. The van der Waals surface area contributed by atoms with Crippen LogP contribution in [0.4, 0.5) is 15.0 Å². The summed E-state index contributed by atoms with van der Waals surface area (Å²) in [7, 11) is 0. The minimum Gasteiger partial charge on any atom is -0.444 e. The Hall–Kier alpha value is -2.18.